The van der Waals surface area contributed by atoms with Gasteiger partial charge in [0.25, 0.3) is 11.8 Å². The molecule has 0 saturated heterocycles. The summed E-state index contributed by atoms with van der Waals surface area (Å²) >= 11 is 0. The average Bonchev–Trinajstić information content (AvgIpc) is 3.79. The second-order valence-electron chi connectivity index (χ2n) is 16.8. The Bertz CT molecular complexity index is 3480. The first-order valence-corrected chi connectivity index (χ1v) is 21.3. The molecule has 1 aromatic heterocycles. The molecule has 0 N–H and O–H groups in total. The Morgan fingerprint density at radius 1 is 0.443 bits per heavy atom. The van der Waals surface area contributed by atoms with E-state index in [1.807, 2.05) is 48.5 Å². The van der Waals surface area contributed by atoms with Gasteiger partial charge in [0.1, 0.15) is 0 Å². The van der Waals surface area contributed by atoms with E-state index < -0.39 is 76.7 Å². The van der Waals surface area contributed by atoms with Gasteiger partial charge in [-0.15, -0.1) is 0 Å². The number of allylic oxidation sites excluding steroid dienone is 4. The first-order valence-electron chi connectivity index (χ1n) is 21.3. The van der Waals surface area contributed by atoms with Crippen molar-refractivity contribution >= 4 is 39.3 Å². The summed E-state index contributed by atoms with van der Waals surface area (Å²) in [5.74, 6) is -2.95. The van der Waals surface area contributed by atoms with Crippen LogP contribution in [0.3, 0.4) is 0 Å². The molecule has 1 unspecified atom stereocenters. The largest absolute Gasteiger partial charge is 0.416 e. The van der Waals surface area contributed by atoms with Crippen LogP contribution in [-0.4, -0.2) is 28.7 Å². The molecule has 4 nitrogen and oxygen atoms in total. The lowest BCUT2D eigenvalue weighted by Crippen LogP contribution is -2.30. The lowest BCUT2D eigenvalue weighted by Gasteiger charge is -2.25. The highest BCUT2D eigenvalue weighted by atomic mass is 19.4. The van der Waals surface area contributed by atoms with Crippen LogP contribution in [0.15, 0.2) is 175 Å². The average molecular weight is 967 g/mol. The van der Waals surface area contributed by atoms with Crippen molar-refractivity contribution in [3.63, 3.8) is 0 Å². The van der Waals surface area contributed by atoms with Gasteiger partial charge in [0.2, 0.25) is 0 Å². The zero-order valence-corrected chi connectivity index (χ0v) is 35.6. The quantitative estimate of drug-likeness (QED) is 0.123. The molecule has 1 aliphatic heterocycles. The predicted octanol–water partition coefficient (Wildman–Crippen LogP) is 16.1. The lowest BCUT2D eigenvalue weighted by molar-refractivity contribution is -0.143. The van der Waals surface area contributed by atoms with Gasteiger partial charge in [0, 0.05) is 27.8 Å². The van der Waals surface area contributed by atoms with Crippen molar-refractivity contribution in [3.8, 4) is 39.1 Å². The first-order chi connectivity index (χ1) is 33.1. The van der Waals surface area contributed by atoms with Crippen molar-refractivity contribution in [1.82, 2.24) is 4.57 Å². The molecule has 0 saturated carbocycles. The smallest absolute Gasteiger partial charge is 0.308 e. The highest BCUT2D eigenvalue weighted by molar-refractivity contribution is 6.36. The van der Waals surface area contributed by atoms with E-state index in [0.29, 0.717) is 29.3 Å². The Kier molecular flexibility index (Phi) is 10.7. The summed E-state index contributed by atoms with van der Waals surface area (Å²) in [6.45, 7) is 0. The predicted molar refractivity (Wildman–Crippen MR) is 240 cm³/mol. The van der Waals surface area contributed by atoms with Crippen LogP contribution in [0.4, 0.5) is 58.4 Å². The van der Waals surface area contributed by atoms with Gasteiger partial charge in [0.05, 0.1) is 50.2 Å². The minimum Gasteiger partial charge on any atom is -0.308 e. The number of halogens is 12. The van der Waals surface area contributed by atoms with Crippen molar-refractivity contribution < 1.29 is 62.3 Å². The second kappa shape index (κ2) is 16.4. The number of imide groups is 1. The maximum Gasteiger partial charge on any atom is 0.416 e. The SMILES string of the molecule is O=C1c2cccc(-n3c4ccc(-c5cc(C(F)(F)F)cc(C(F)(F)F)c5)cc4c4cc(C5C=C(C(F)(F)F)C=C(C(F)(F)F)C5)ccc43)c2C(=O)N1c1ccc(-c2ccccc2)cc1-c1ccccc1. The Balaban J connectivity index is 1.18. The molecule has 2 amide bonds. The van der Waals surface area contributed by atoms with Crippen LogP contribution in [0.2, 0.25) is 0 Å². The van der Waals surface area contributed by atoms with Crippen LogP contribution in [0.25, 0.3) is 60.9 Å². The summed E-state index contributed by atoms with van der Waals surface area (Å²) in [5, 5.41) is 0.202. The van der Waals surface area contributed by atoms with Gasteiger partial charge in [-0.3, -0.25) is 9.59 Å². The van der Waals surface area contributed by atoms with Crippen molar-refractivity contribution in [2.75, 3.05) is 4.90 Å². The fourth-order valence-electron chi connectivity index (χ4n) is 9.29. The van der Waals surface area contributed by atoms with Crippen LogP contribution >= 0.6 is 0 Å². The van der Waals surface area contributed by atoms with Gasteiger partial charge in [-0.2, -0.15) is 52.7 Å². The Labute approximate surface area is 389 Å². The first kappa shape index (κ1) is 45.9. The van der Waals surface area contributed by atoms with Crippen molar-refractivity contribution in [2.24, 2.45) is 0 Å². The maximum absolute atomic E-state index is 15.0. The molecule has 16 heteroatoms. The molecular weight excluding hydrogens is 937 g/mol. The van der Waals surface area contributed by atoms with E-state index in [0.717, 1.165) is 16.0 Å². The van der Waals surface area contributed by atoms with Crippen molar-refractivity contribution in [2.45, 2.75) is 37.0 Å². The van der Waals surface area contributed by atoms with Crippen LogP contribution < -0.4 is 4.90 Å². The molecule has 0 fully saturated rings. The zero-order valence-electron chi connectivity index (χ0n) is 35.6. The number of rotatable bonds is 6. The van der Waals surface area contributed by atoms with Crippen LogP contribution in [0, 0.1) is 0 Å². The number of aromatic nitrogens is 1. The standard InChI is InChI=1S/C54H30F12N2O2/c55-51(56,57)36-20-34(21-37(27-36)52(58,59)60)32-15-18-45-42(25-32)43-26-33(35-22-38(53(61,62)63)28-39(23-35)54(64,65)66)16-19-46(43)67(45)47-13-7-12-40-48(47)50(70)68(49(40)69)44-17-14-31(29-8-3-1-4-9-29)24-41(44)30-10-5-2-6-11-30/h1-22,24-28,35H,23H2. The molecule has 1 aliphatic carbocycles. The lowest BCUT2D eigenvalue weighted by atomic mass is 9.84. The van der Waals surface area contributed by atoms with E-state index >= 15 is 0 Å². The highest BCUT2D eigenvalue weighted by Gasteiger charge is 2.44. The number of hydrogen-bond acceptors (Lipinski definition) is 2. The summed E-state index contributed by atoms with van der Waals surface area (Å²) < 4.78 is 170. The summed E-state index contributed by atoms with van der Waals surface area (Å²) in [7, 11) is 0. The number of nitrogens with zero attached hydrogens (tertiary/aromatic N) is 2. The van der Waals surface area contributed by atoms with E-state index in [1.54, 1.807) is 30.3 Å². The van der Waals surface area contributed by atoms with Gasteiger partial charge < -0.3 is 4.57 Å². The maximum atomic E-state index is 15.0. The summed E-state index contributed by atoms with van der Waals surface area (Å²) in [6, 6.07) is 37.0. The normalized spacial score (nSPS) is 15.7. The van der Waals surface area contributed by atoms with Crippen LogP contribution in [0.1, 0.15) is 49.7 Å². The number of carbonyl (C=O) groups excluding carboxylic acids is 2. The van der Waals surface area contributed by atoms with Gasteiger partial charge in [0.15, 0.2) is 0 Å². The van der Waals surface area contributed by atoms with Gasteiger partial charge >= 0.3 is 24.7 Å². The number of fused-ring (bicyclic) bond motifs is 4. The molecule has 2 heterocycles. The Hall–Kier alpha value is -7.88. The monoisotopic (exact) mass is 966 g/mol. The highest BCUT2D eigenvalue weighted by Crippen LogP contribution is 2.47. The minimum atomic E-state index is -5.20. The van der Waals surface area contributed by atoms with E-state index in [-0.39, 0.29) is 67.6 Å². The molecular formula is C54H30F12N2O2. The number of alkyl halides is 12. The van der Waals surface area contributed by atoms with Gasteiger partial charge in [-0.25, -0.2) is 4.90 Å². The van der Waals surface area contributed by atoms with E-state index in [4.69, 9.17) is 0 Å². The Morgan fingerprint density at radius 3 is 1.64 bits per heavy atom. The van der Waals surface area contributed by atoms with Crippen molar-refractivity contribution in [1.29, 1.82) is 0 Å². The van der Waals surface area contributed by atoms with E-state index in [9.17, 15) is 62.3 Å². The fourth-order valence-corrected chi connectivity index (χ4v) is 9.29. The molecule has 7 aromatic carbocycles. The number of anilines is 1. The number of carbonyl (C=O) groups is 2. The number of amides is 2. The molecule has 352 valence electrons. The molecule has 8 aromatic rings. The Morgan fingerprint density at radius 2 is 1.03 bits per heavy atom. The topological polar surface area (TPSA) is 42.3 Å². The molecule has 70 heavy (non-hydrogen) atoms. The van der Waals surface area contributed by atoms with Crippen LogP contribution in [-0.2, 0) is 12.4 Å². The van der Waals surface area contributed by atoms with Gasteiger partial charge in [-0.1, -0.05) is 91.0 Å². The van der Waals surface area contributed by atoms with E-state index in [2.05, 4.69) is 0 Å². The zero-order chi connectivity index (χ0) is 49.7. The van der Waals surface area contributed by atoms with Crippen molar-refractivity contribution in [3.05, 3.63) is 203 Å². The second-order valence-corrected chi connectivity index (χ2v) is 16.8. The summed E-state index contributed by atoms with van der Waals surface area (Å²) in [4.78, 5) is 30.6. The molecule has 10 rings (SSSR count). The molecule has 0 bridgehead atoms. The third-order valence-electron chi connectivity index (χ3n) is 12.5. The fraction of sp³-hybridized carbons (Fsp3) is 0.111. The van der Waals surface area contributed by atoms with Gasteiger partial charge in [-0.05, 0) is 113 Å². The van der Waals surface area contributed by atoms with Crippen LogP contribution in [0.5, 0.6) is 0 Å². The van der Waals surface area contributed by atoms with E-state index in [1.165, 1.54) is 59.2 Å². The molecule has 0 radical (unpaired) electrons. The summed E-state index contributed by atoms with van der Waals surface area (Å²) in [6.07, 6.45) is -20.9. The molecule has 0 spiro atoms. The number of hydrogen-bond donors (Lipinski definition) is 0. The minimum absolute atomic E-state index is 0.0287. The molecule has 1 atom stereocenters. The number of benzene rings is 7. The molecule has 2 aliphatic rings. The third-order valence-corrected chi connectivity index (χ3v) is 12.5. The summed E-state index contributed by atoms with van der Waals surface area (Å²) in [5.41, 5.74) is -3.44. The third kappa shape index (κ3) is 8.09.